The van der Waals surface area contributed by atoms with Crippen LogP contribution in [0, 0.1) is 0 Å². The van der Waals surface area contributed by atoms with Crippen molar-refractivity contribution in [1.29, 1.82) is 0 Å². The van der Waals surface area contributed by atoms with Crippen molar-refractivity contribution in [2.24, 2.45) is 7.05 Å². The van der Waals surface area contributed by atoms with Crippen LogP contribution in [0.25, 0.3) is 22.4 Å². The van der Waals surface area contributed by atoms with Crippen LogP contribution in [0.4, 0.5) is 0 Å². The Kier molecular flexibility index (Phi) is 3.57. The van der Waals surface area contributed by atoms with Gasteiger partial charge in [-0.05, 0) is 45.3 Å². The van der Waals surface area contributed by atoms with E-state index in [0.29, 0.717) is 0 Å². The van der Waals surface area contributed by atoms with Crippen molar-refractivity contribution >= 4 is 23.6 Å². The molecule has 0 aliphatic carbocycles. The maximum Gasteiger partial charge on any atom is 0.495 e. The minimum Gasteiger partial charge on any atom is -0.399 e. The fraction of sp³-hybridized carbons (Fsp3) is 0.350. The normalized spacial score (nSPS) is 18.8. The van der Waals surface area contributed by atoms with Crippen molar-refractivity contribution in [3.63, 3.8) is 0 Å². The molecule has 0 atom stereocenters. The zero-order valence-corrected chi connectivity index (χ0v) is 15.4. The molecule has 0 saturated carbocycles. The van der Waals surface area contributed by atoms with Gasteiger partial charge in [0.15, 0.2) is 0 Å². The number of nitrogens with zero attached hydrogens (tertiary/aromatic N) is 2. The number of hydrogen-bond donors (Lipinski definition) is 0. The molecule has 1 aliphatic rings. The highest BCUT2D eigenvalue weighted by atomic mass is 16.7. The van der Waals surface area contributed by atoms with Crippen LogP contribution < -0.4 is 5.46 Å². The van der Waals surface area contributed by atoms with Crippen molar-refractivity contribution in [1.82, 2.24) is 9.55 Å². The molecule has 4 rings (SSSR count). The van der Waals surface area contributed by atoms with Crippen molar-refractivity contribution in [2.45, 2.75) is 38.9 Å². The topological polar surface area (TPSA) is 36.3 Å². The zero-order chi connectivity index (χ0) is 17.8. The molecule has 5 heteroatoms. The third-order valence-corrected chi connectivity index (χ3v) is 5.50. The van der Waals surface area contributed by atoms with E-state index in [2.05, 4.69) is 50.5 Å². The van der Waals surface area contributed by atoms with Gasteiger partial charge in [-0.1, -0.05) is 36.4 Å². The van der Waals surface area contributed by atoms with Crippen LogP contribution in [0.15, 0.2) is 48.5 Å². The monoisotopic (exact) mass is 334 g/mol. The predicted molar refractivity (Wildman–Crippen MR) is 102 cm³/mol. The van der Waals surface area contributed by atoms with Gasteiger partial charge in [0.05, 0.1) is 22.2 Å². The smallest absolute Gasteiger partial charge is 0.399 e. The Balaban J connectivity index is 1.84. The van der Waals surface area contributed by atoms with Crippen LogP contribution in [0.2, 0.25) is 0 Å². The minimum absolute atomic E-state index is 0.364. The lowest BCUT2D eigenvalue weighted by molar-refractivity contribution is 0.00578. The highest BCUT2D eigenvalue weighted by Gasteiger charge is 2.52. The molecule has 2 aromatic carbocycles. The Morgan fingerprint density at radius 1 is 0.880 bits per heavy atom. The molecule has 0 bridgehead atoms. The maximum absolute atomic E-state index is 6.27. The fourth-order valence-corrected chi connectivity index (χ4v) is 3.26. The molecule has 1 aliphatic heterocycles. The van der Waals surface area contributed by atoms with Gasteiger partial charge in [-0.2, -0.15) is 0 Å². The van der Waals surface area contributed by atoms with Crippen LogP contribution in [0.1, 0.15) is 27.7 Å². The maximum atomic E-state index is 6.27. The molecule has 0 spiro atoms. The SMILES string of the molecule is Cn1c(-c2ccccc2B2OC(C)(C)C(C)(C)O2)nc2ccccc21. The summed E-state index contributed by atoms with van der Waals surface area (Å²) in [6.07, 6.45) is 0. The van der Waals surface area contributed by atoms with Crippen LogP contribution in [-0.4, -0.2) is 27.9 Å². The van der Waals surface area contributed by atoms with E-state index in [9.17, 15) is 0 Å². The highest BCUT2D eigenvalue weighted by molar-refractivity contribution is 6.63. The molecule has 0 radical (unpaired) electrons. The number of para-hydroxylation sites is 2. The first-order valence-corrected chi connectivity index (χ1v) is 8.66. The Morgan fingerprint density at radius 2 is 1.48 bits per heavy atom. The Bertz CT molecular complexity index is 930. The van der Waals surface area contributed by atoms with E-state index in [-0.39, 0.29) is 11.2 Å². The largest absolute Gasteiger partial charge is 0.495 e. The molecule has 4 nitrogen and oxygen atoms in total. The number of rotatable bonds is 2. The number of benzene rings is 2. The van der Waals surface area contributed by atoms with Crippen LogP contribution >= 0.6 is 0 Å². The summed E-state index contributed by atoms with van der Waals surface area (Å²) in [7, 11) is 1.65. The number of aromatic nitrogens is 2. The summed E-state index contributed by atoms with van der Waals surface area (Å²) in [5.74, 6) is 0.923. The van der Waals surface area contributed by atoms with Gasteiger partial charge in [-0.15, -0.1) is 0 Å². The third kappa shape index (κ3) is 2.50. The van der Waals surface area contributed by atoms with Crippen LogP contribution in [0.5, 0.6) is 0 Å². The number of aryl methyl sites for hydroxylation is 1. The number of fused-ring (bicyclic) bond motifs is 1. The predicted octanol–water partition coefficient (Wildman–Crippen LogP) is 3.54. The van der Waals surface area contributed by atoms with Crippen molar-refractivity contribution in [3.05, 3.63) is 48.5 Å². The van der Waals surface area contributed by atoms with Gasteiger partial charge >= 0.3 is 7.12 Å². The van der Waals surface area contributed by atoms with Gasteiger partial charge in [0.1, 0.15) is 5.82 Å². The van der Waals surface area contributed by atoms with E-state index in [4.69, 9.17) is 14.3 Å². The van der Waals surface area contributed by atoms with E-state index >= 15 is 0 Å². The van der Waals surface area contributed by atoms with Crippen LogP contribution in [-0.2, 0) is 16.4 Å². The second-order valence-corrected chi connectivity index (χ2v) is 7.66. The summed E-state index contributed by atoms with van der Waals surface area (Å²) < 4.78 is 14.7. The fourth-order valence-electron chi connectivity index (χ4n) is 3.26. The molecule has 25 heavy (non-hydrogen) atoms. The molecular formula is C20H23BN2O2. The summed E-state index contributed by atoms with van der Waals surface area (Å²) >= 11 is 0. The summed E-state index contributed by atoms with van der Waals surface area (Å²) in [5, 5.41) is 0. The lowest BCUT2D eigenvalue weighted by Gasteiger charge is -2.32. The van der Waals surface area contributed by atoms with E-state index in [0.717, 1.165) is 27.9 Å². The molecule has 2 heterocycles. The Hall–Kier alpha value is -2.11. The second kappa shape index (κ2) is 5.45. The lowest BCUT2D eigenvalue weighted by atomic mass is 9.75. The minimum atomic E-state index is -0.402. The number of imidazole rings is 1. The van der Waals surface area contributed by atoms with Gasteiger partial charge in [0.2, 0.25) is 0 Å². The highest BCUT2D eigenvalue weighted by Crippen LogP contribution is 2.37. The van der Waals surface area contributed by atoms with Crippen molar-refractivity contribution in [3.8, 4) is 11.4 Å². The summed E-state index contributed by atoms with van der Waals surface area (Å²) in [4.78, 5) is 4.84. The van der Waals surface area contributed by atoms with Gasteiger partial charge < -0.3 is 13.9 Å². The first-order valence-electron chi connectivity index (χ1n) is 8.66. The quantitative estimate of drug-likeness (QED) is 0.673. The van der Waals surface area contributed by atoms with E-state index < -0.39 is 7.12 Å². The van der Waals surface area contributed by atoms with Crippen LogP contribution in [0.3, 0.4) is 0 Å². The van der Waals surface area contributed by atoms with E-state index in [1.165, 1.54) is 0 Å². The second-order valence-electron chi connectivity index (χ2n) is 7.66. The molecule has 1 saturated heterocycles. The first-order chi connectivity index (χ1) is 11.8. The molecule has 0 N–H and O–H groups in total. The van der Waals surface area contributed by atoms with Crippen molar-refractivity contribution in [2.75, 3.05) is 0 Å². The van der Waals surface area contributed by atoms with Gasteiger partial charge in [0.25, 0.3) is 0 Å². The lowest BCUT2D eigenvalue weighted by Crippen LogP contribution is -2.41. The summed E-state index contributed by atoms with van der Waals surface area (Å²) in [6.45, 7) is 8.30. The molecule has 0 amide bonds. The summed E-state index contributed by atoms with van der Waals surface area (Å²) in [6, 6.07) is 16.4. The van der Waals surface area contributed by atoms with Crippen molar-refractivity contribution < 1.29 is 9.31 Å². The van der Waals surface area contributed by atoms with Gasteiger partial charge in [-0.3, -0.25) is 0 Å². The van der Waals surface area contributed by atoms with E-state index in [1.807, 2.05) is 37.4 Å². The van der Waals surface area contributed by atoms with Gasteiger partial charge in [-0.25, -0.2) is 4.98 Å². The molecular weight excluding hydrogens is 311 g/mol. The third-order valence-electron chi connectivity index (χ3n) is 5.50. The number of hydrogen-bond acceptors (Lipinski definition) is 3. The molecule has 128 valence electrons. The Morgan fingerprint density at radius 3 is 2.16 bits per heavy atom. The molecule has 3 aromatic rings. The molecule has 1 aromatic heterocycles. The first kappa shape index (κ1) is 16.4. The molecule has 1 fully saturated rings. The average Bonchev–Trinajstić information content (AvgIpc) is 3.01. The standard InChI is InChI=1S/C20H23BN2O2/c1-19(2)20(3,4)25-21(24-19)15-11-7-6-10-14(15)18-22-16-12-8-9-13-17(16)23(18)5/h6-13H,1-5H3. The molecule has 0 unspecified atom stereocenters. The zero-order valence-electron chi connectivity index (χ0n) is 15.4. The Labute approximate surface area is 148 Å². The summed E-state index contributed by atoms with van der Waals surface area (Å²) in [5.41, 5.74) is 3.43. The van der Waals surface area contributed by atoms with E-state index in [1.54, 1.807) is 0 Å². The van der Waals surface area contributed by atoms with Gasteiger partial charge in [0, 0.05) is 12.6 Å². The average molecular weight is 334 g/mol.